The van der Waals surface area contributed by atoms with E-state index in [2.05, 4.69) is 47.8 Å². The van der Waals surface area contributed by atoms with Gasteiger partial charge in [-0.05, 0) is 16.8 Å². The first-order valence-corrected chi connectivity index (χ1v) is 5.76. The second kappa shape index (κ2) is 3.52. The zero-order chi connectivity index (χ0) is 10.1. The average Bonchev–Trinajstić information content (AvgIpc) is 2.74. The van der Waals surface area contributed by atoms with Crippen molar-refractivity contribution in [3.63, 3.8) is 0 Å². The third kappa shape index (κ3) is 1.45. The molecule has 1 radical (unpaired) electrons. The molecule has 3 rings (SSSR count). The molecule has 1 heteroatoms. The van der Waals surface area contributed by atoms with Crippen LogP contribution in [0.15, 0.2) is 53.9 Å². The van der Waals surface area contributed by atoms with Crippen molar-refractivity contribution in [3.8, 4) is 10.4 Å². The minimum Gasteiger partial charge on any atom is -0.143 e. The number of fused-ring (bicyclic) bond motifs is 1. The lowest BCUT2D eigenvalue weighted by molar-refractivity contribution is 1.69. The van der Waals surface area contributed by atoms with Crippen molar-refractivity contribution in [2.24, 2.45) is 0 Å². The molecule has 0 nitrogen and oxygen atoms in total. The minimum absolute atomic E-state index is 1.18. The van der Waals surface area contributed by atoms with Crippen LogP contribution in [0.3, 0.4) is 0 Å². The first kappa shape index (κ1) is 8.69. The molecule has 0 N–H and O–H groups in total. The Morgan fingerprint density at radius 3 is 2.67 bits per heavy atom. The normalized spacial score (nSPS) is 10.7. The van der Waals surface area contributed by atoms with E-state index in [1.807, 2.05) is 12.1 Å². The minimum atomic E-state index is 1.18. The fraction of sp³-hybridized carbons (Fsp3) is 0. The summed E-state index contributed by atoms with van der Waals surface area (Å²) < 4.78 is 0. The number of rotatable bonds is 1. The third-order valence-corrected chi connectivity index (χ3v) is 3.51. The van der Waals surface area contributed by atoms with Crippen molar-refractivity contribution in [1.29, 1.82) is 0 Å². The molecule has 0 amide bonds. The summed E-state index contributed by atoms with van der Waals surface area (Å²) in [5.41, 5.74) is 1.18. The largest absolute Gasteiger partial charge is 0.143 e. The summed E-state index contributed by atoms with van der Waals surface area (Å²) in [5, 5.41) is 4.84. The molecule has 0 spiro atoms. The van der Waals surface area contributed by atoms with E-state index in [9.17, 15) is 0 Å². The molecule has 0 saturated heterocycles. The van der Waals surface area contributed by atoms with Crippen molar-refractivity contribution in [1.82, 2.24) is 0 Å². The van der Waals surface area contributed by atoms with Crippen molar-refractivity contribution in [2.75, 3.05) is 0 Å². The fourth-order valence-electron chi connectivity index (χ4n) is 1.74. The van der Waals surface area contributed by atoms with Crippen LogP contribution in [0.5, 0.6) is 0 Å². The monoisotopic (exact) mass is 209 g/mol. The molecule has 15 heavy (non-hydrogen) atoms. The zero-order valence-electron chi connectivity index (χ0n) is 8.10. The molecule has 0 unspecified atom stereocenters. The summed E-state index contributed by atoms with van der Waals surface area (Å²) in [6.07, 6.45) is 0. The van der Waals surface area contributed by atoms with E-state index in [1.165, 1.54) is 21.2 Å². The molecular formula is C14H9S. The zero-order valence-corrected chi connectivity index (χ0v) is 8.92. The Bertz CT molecular complexity index is 578. The van der Waals surface area contributed by atoms with Crippen LogP contribution in [0, 0.1) is 6.07 Å². The van der Waals surface area contributed by atoms with Crippen LogP contribution < -0.4 is 0 Å². The first-order valence-electron chi connectivity index (χ1n) is 4.88. The van der Waals surface area contributed by atoms with Gasteiger partial charge in [0.2, 0.25) is 0 Å². The van der Waals surface area contributed by atoms with E-state index in [4.69, 9.17) is 0 Å². The number of hydrogen-bond donors (Lipinski definition) is 0. The summed E-state index contributed by atoms with van der Waals surface area (Å²) in [7, 11) is 0. The molecule has 0 saturated carbocycles. The molecule has 1 heterocycles. The van der Waals surface area contributed by atoms with Crippen molar-refractivity contribution < 1.29 is 0 Å². The highest BCUT2D eigenvalue weighted by Crippen LogP contribution is 2.34. The van der Waals surface area contributed by atoms with Crippen LogP contribution in [-0.4, -0.2) is 0 Å². The Morgan fingerprint density at radius 2 is 1.80 bits per heavy atom. The Hall–Kier alpha value is -1.60. The second-order valence-corrected chi connectivity index (χ2v) is 4.31. The van der Waals surface area contributed by atoms with Gasteiger partial charge in [0.15, 0.2) is 0 Å². The summed E-state index contributed by atoms with van der Waals surface area (Å²) in [4.78, 5) is 1.31. The number of benzene rings is 2. The van der Waals surface area contributed by atoms with Gasteiger partial charge in [-0.25, -0.2) is 0 Å². The van der Waals surface area contributed by atoms with E-state index in [0.29, 0.717) is 0 Å². The topological polar surface area (TPSA) is 0 Å². The van der Waals surface area contributed by atoms with Crippen molar-refractivity contribution in [3.05, 3.63) is 60.0 Å². The van der Waals surface area contributed by atoms with Gasteiger partial charge in [0, 0.05) is 15.8 Å². The summed E-state index contributed by atoms with van der Waals surface area (Å²) >= 11 is 1.78. The van der Waals surface area contributed by atoms with Crippen molar-refractivity contribution in [2.45, 2.75) is 0 Å². The standard InChI is InChI=1S/C14H9S/c1-2-6-11(7-3-1)14-13-9-5-4-8-12(13)10-15-14/h1-6,8-10H. The molecular weight excluding hydrogens is 200 g/mol. The van der Waals surface area contributed by atoms with Gasteiger partial charge in [0.05, 0.1) is 0 Å². The summed E-state index contributed by atoms with van der Waals surface area (Å²) in [6.45, 7) is 0. The van der Waals surface area contributed by atoms with Crippen LogP contribution >= 0.6 is 11.3 Å². The molecule has 0 aliphatic carbocycles. The van der Waals surface area contributed by atoms with Gasteiger partial charge < -0.3 is 0 Å². The molecule has 0 fully saturated rings. The van der Waals surface area contributed by atoms with Crippen LogP contribution in [0.4, 0.5) is 0 Å². The molecule has 0 aliphatic heterocycles. The van der Waals surface area contributed by atoms with E-state index >= 15 is 0 Å². The van der Waals surface area contributed by atoms with Gasteiger partial charge in [-0.2, -0.15) is 0 Å². The average molecular weight is 209 g/mol. The van der Waals surface area contributed by atoms with Gasteiger partial charge in [-0.3, -0.25) is 0 Å². The van der Waals surface area contributed by atoms with Gasteiger partial charge in [0.25, 0.3) is 0 Å². The Labute approximate surface area is 92.8 Å². The van der Waals surface area contributed by atoms with Crippen LogP contribution in [-0.2, 0) is 0 Å². The van der Waals surface area contributed by atoms with Gasteiger partial charge in [-0.15, -0.1) is 11.3 Å². The maximum atomic E-state index is 3.27. The molecule has 0 aliphatic rings. The predicted octanol–water partition coefficient (Wildman–Crippen LogP) is 4.37. The van der Waals surface area contributed by atoms with Crippen LogP contribution in [0.2, 0.25) is 0 Å². The van der Waals surface area contributed by atoms with E-state index in [0.717, 1.165) is 0 Å². The number of thiophene rings is 1. The Balaban J connectivity index is 2.28. The van der Waals surface area contributed by atoms with E-state index in [1.54, 1.807) is 11.3 Å². The lowest BCUT2D eigenvalue weighted by atomic mass is 10.1. The highest BCUT2D eigenvalue weighted by molar-refractivity contribution is 7.15. The summed E-state index contributed by atoms with van der Waals surface area (Å²) in [6, 6.07) is 19.9. The first-order chi connectivity index (χ1) is 7.45. The van der Waals surface area contributed by atoms with Gasteiger partial charge in [0.1, 0.15) is 0 Å². The lowest BCUT2D eigenvalue weighted by Gasteiger charge is -1.97. The smallest absolute Gasteiger partial charge is 0.0427 e. The Kier molecular flexibility index (Phi) is 2.04. The second-order valence-electron chi connectivity index (χ2n) is 3.43. The summed E-state index contributed by atoms with van der Waals surface area (Å²) in [5.74, 6) is 0. The molecule has 2 aromatic carbocycles. The maximum absolute atomic E-state index is 3.27. The van der Waals surface area contributed by atoms with Crippen LogP contribution in [0.1, 0.15) is 0 Å². The molecule has 3 aromatic rings. The highest BCUT2D eigenvalue weighted by atomic mass is 32.1. The lowest BCUT2D eigenvalue weighted by Crippen LogP contribution is -1.72. The molecule has 0 bridgehead atoms. The highest BCUT2D eigenvalue weighted by Gasteiger charge is 2.04. The fourth-order valence-corrected chi connectivity index (χ4v) is 2.75. The van der Waals surface area contributed by atoms with E-state index < -0.39 is 0 Å². The molecule has 71 valence electrons. The van der Waals surface area contributed by atoms with Gasteiger partial charge in [-0.1, -0.05) is 48.5 Å². The predicted molar refractivity (Wildman–Crippen MR) is 66.1 cm³/mol. The van der Waals surface area contributed by atoms with E-state index in [-0.39, 0.29) is 0 Å². The van der Waals surface area contributed by atoms with Gasteiger partial charge >= 0.3 is 0 Å². The molecule has 1 aromatic heterocycles. The quantitative estimate of drug-likeness (QED) is 0.558. The van der Waals surface area contributed by atoms with Crippen molar-refractivity contribution >= 4 is 22.1 Å². The maximum Gasteiger partial charge on any atom is 0.0427 e. The Morgan fingerprint density at radius 1 is 0.933 bits per heavy atom. The molecule has 0 atom stereocenters. The van der Waals surface area contributed by atoms with Crippen LogP contribution in [0.25, 0.3) is 21.2 Å². The number of hydrogen-bond acceptors (Lipinski definition) is 1. The SMILES string of the molecule is [c]1ccccc1-c1scc2ccccc12. The third-order valence-electron chi connectivity index (χ3n) is 2.46.